The summed E-state index contributed by atoms with van der Waals surface area (Å²) >= 11 is 15.2. The second kappa shape index (κ2) is 7.11. The van der Waals surface area contributed by atoms with E-state index in [-0.39, 0.29) is 18.8 Å². The molecule has 2 aromatic carbocycles. The van der Waals surface area contributed by atoms with Crippen molar-refractivity contribution in [2.75, 3.05) is 6.61 Å². The molecule has 0 saturated carbocycles. The molecule has 0 N–H and O–H groups in total. The minimum Gasteiger partial charge on any atom is -0.486 e. The molecule has 104 valence electrons. The fourth-order valence-corrected chi connectivity index (χ4v) is 2.57. The fraction of sp³-hybridized carbons (Fsp3) is 0.133. The lowest BCUT2D eigenvalue weighted by Crippen LogP contribution is -2.14. The first kappa shape index (κ1) is 15.4. The number of benzene rings is 2. The first-order chi connectivity index (χ1) is 9.54. The highest BCUT2D eigenvalue weighted by atomic mass is 79.9. The largest absolute Gasteiger partial charge is 0.486 e. The molecule has 0 aliphatic carbocycles. The zero-order chi connectivity index (χ0) is 14.5. The summed E-state index contributed by atoms with van der Waals surface area (Å²) in [7, 11) is 0. The number of rotatable bonds is 5. The Balaban J connectivity index is 1.92. The van der Waals surface area contributed by atoms with Gasteiger partial charge >= 0.3 is 0 Å². The molecular formula is C15H11BrCl2O2. The van der Waals surface area contributed by atoms with Crippen LogP contribution in [0.1, 0.15) is 5.56 Å². The van der Waals surface area contributed by atoms with Crippen molar-refractivity contribution in [3.63, 3.8) is 0 Å². The van der Waals surface area contributed by atoms with Gasteiger partial charge in [-0.05, 0) is 35.9 Å². The normalized spacial score (nSPS) is 10.3. The minimum absolute atomic E-state index is 0.00721. The Morgan fingerprint density at radius 1 is 1.15 bits per heavy atom. The van der Waals surface area contributed by atoms with E-state index in [1.165, 1.54) is 0 Å². The highest BCUT2D eigenvalue weighted by Gasteiger charge is 2.08. The maximum absolute atomic E-state index is 11.9. The van der Waals surface area contributed by atoms with Crippen molar-refractivity contribution in [3.05, 3.63) is 62.5 Å². The lowest BCUT2D eigenvalue weighted by atomic mass is 10.1. The van der Waals surface area contributed by atoms with Crippen LogP contribution in [-0.2, 0) is 11.2 Å². The van der Waals surface area contributed by atoms with E-state index >= 15 is 0 Å². The number of hydrogen-bond acceptors (Lipinski definition) is 2. The highest BCUT2D eigenvalue weighted by molar-refractivity contribution is 9.10. The van der Waals surface area contributed by atoms with Gasteiger partial charge in [0.2, 0.25) is 0 Å². The third kappa shape index (κ3) is 4.51. The minimum atomic E-state index is -0.0470. The summed E-state index contributed by atoms with van der Waals surface area (Å²) in [6.45, 7) is -0.00721. The molecule has 0 bridgehead atoms. The summed E-state index contributed by atoms with van der Waals surface area (Å²) in [6.07, 6.45) is 0.243. The molecule has 0 aliphatic heterocycles. The molecule has 0 aromatic heterocycles. The van der Waals surface area contributed by atoms with E-state index in [2.05, 4.69) is 15.9 Å². The molecule has 0 radical (unpaired) electrons. The van der Waals surface area contributed by atoms with Crippen LogP contribution in [0, 0.1) is 0 Å². The van der Waals surface area contributed by atoms with E-state index in [9.17, 15) is 4.79 Å². The molecule has 0 saturated heterocycles. The predicted molar refractivity (Wildman–Crippen MR) is 84.8 cm³/mol. The van der Waals surface area contributed by atoms with Gasteiger partial charge in [-0.25, -0.2) is 0 Å². The molecule has 2 rings (SSSR count). The number of carbonyl (C=O) groups excluding carboxylic acids is 1. The molecule has 5 heteroatoms. The van der Waals surface area contributed by atoms with Crippen molar-refractivity contribution in [1.82, 2.24) is 0 Å². The molecular weight excluding hydrogens is 363 g/mol. The van der Waals surface area contributed by atoms with Gasteiger partial charge in [-0.1, -0.05) is 51.3 Å². The molecule has 0 heterocycles. The quantitative estimate of drug-likeness (QED) is 0.741. The number of halogens is 3. The fourth-order valence-electron chi connectivity index (χ4n) is 1.65. The van der Waals surface area contributed by atoms with Crippen molar-refractivity contribution >= 4 is 44.9 Å². The molecule has 2 nitrogen and oxygen atoms in total. The summed E-state index contributed by atoms with van der Waals surface area (Å²) in [4.78, 5) is 11.9. The standard InChI is InChI=1S/C15H11BrCl2O2/c16-11-5-4-10(15(18)7-11)6-13(19)9-20-14-3-1-2-12(17)8-14/h1-5,7-8H,6,9H2. The Bertz CT molecular complexity index is 629. The smallest absolute Gasteiger partial charge is 0.174 e. The Hall–Kier alpha value is -1.03. The summed E-state index contributed by atoms with van der Waals surface area (Å²) in [5, 5.41) is 1.14. The van der Waals surface area contributed by atoms with Crippen molar-refractivity contribution in [2.24, 2.45) is 0 Å². The van der Waals surface area contributed by atoms with Crippen LogP contribution in [0.2, 0.25) is 10.0 Å². The summed E-state index contributed by atoms with van der Waals surface area (Å²) < 4.78 is 6.28. The van der Waals surface area contributed by atoms with E-state index in [1.54, 1.807) is 30.3 Å². The van der Waals surface area contributed by atoms with Crippen LogP contribution in [0.25, 0.3) is 0 Å². The van der Waals surface area contributed by atoms with Crippen LogP contribution in [0.4, 0.5) is 0 Å². The topological polar surface area (TPSA) is 26.3 Å². The Kier molecular flexibility index (Phi) is 5.46. The van der Waals surface area contributed by atoms with Gasteiger partial charge in [0.15, 0.2) is 5.78 Å². The van der Waals surface area contributed by atoms with Crippen LogP contribution in [0.15, 0.2) is 46.9 Å². The number of hydrogen-bond donors (Lipinski definition) is 0. The molecule has 2 aromatic rings. The van der Waals surface area contributed by atoms with Gasteiger partial charge in [-0.2, -0.15) is 0 Å². The SMILES string of the molecule is O=C(COc1cccc(Cl)c1)Cc1ccc(Br)cc1Cl. The molecule has 20 heavy (non-hydrogen) atoms. The van der Waals surface area contributed by atoms with E-state index in [4.69, 9.17) is 27.9 Å². The van der Waals surface area contributed by atoms with Gasteiger partial charge < -0.3 is 4.74 Å². The molecule has 0 aliphatic rings. The number of Topliss-reactive ketones (excluding diaryl/α,β-unsaturated/α-hetero) is 1. The van der Waals surface area contributed by atoms with E-state index < -0.39 is 0 Å². The number of ketones is 1. The molecule has 0 unspecified atom stereocenters. The Morgan fingerprint density at radius 2 is 1.95 bits per heavy atom. The second-order valence-electron chi connectivity index (χ2n) is 4.20. The summed E-state index contributed by atoms with van der Waals surface area (Å²) in [6, 6.07) is 12.4. The second-order valence-corrected chi connectivity index (χ2v) is 5.96. The van der Waals surface area contributed by atoms with Crippen molar-refractivity contribution < 1.29 is 9.53 Å². The molecule has 0 spiro atoms. The number of ether oxygens (including phenoxy) is 1. The zero-order valence-electron chi connectivity index (χ0n) is 10.4. The van der Waals surface area contributed by atoms with Crippen molar-refractivity contribution in [1.29, 1.82) is 0 Å². The monoisotopic (exact) mass is 372 g/mol. The van der Waals surface area contributed by atoms with Crippen LogP contribution in [-0.4, -0.2) is 12.4 Å². The first-order valence-electron chi connectivity index (χ1n) is 5.88. The lowest BCUT2D eigenvalue weighted by molar-refractivity contribution is -0.120. The zero-order valence-corrected chi connectivity index (χ0v) is 13.5. The van der Waals surface area contributed by atoms with E-state index in [0.717, 1.165) is 10.0 Å². The van der Waals surface area contributed by atoms with Gasteiger partial charge in [0.05, 0.1) is 0 Å². The molecule has 0 fully saturated rings. The molecule has 0 amide bonds. The number of carbonyl (C=O) groups is 1. The third-order valence-electron chi connectivity index (χ3n) is 2.60. The predicted octanol–water partition coefficient (Wildman–Crippen LogP) is 4.95. The van der Waals surface area contributed by atoms with Gasteiger partial charge in [0, 0.05) is 20.9 Å². The summed E-state index contributed by atoms with van der Waals surface area (Å²) in [5.41, 5.74) is 0.787. The summed E-state index contributed by atoms with van der Waals surface area (Å²) in [5.74, 6) is 0.530. The van der Waals surface area contributed by atoms with Crippen molar-refractivity contribution in [2.45, 2.75) is 6.42 Å². The molecule has 0 atom stereocenters. The van der Waals surface area contributed by atoms with E-state index in [1.807, 2.05) is 12.1 Å². The Labute approximate surface area is 135 Å². The van der Waals surface area contributed by atoms with Gasteiger partial charge in [0.1, 0.15) is 12.4 Å². The van der Waals surface area contributed by atoms with Crippen molar-refractivity contribution in [3.8, 4) is 5.75 Å². The van der Waals surface area contributed by atoms with E-state index in [0.29, 0.717) is 15.8 Å². The maximum atomic E-state index is 11.9. The van der Waals surface area contributed by atoms with Crippen LogP contribution < -0.4 is 4.74 Å². The third-order valence-corrected chi connectivity index (χ3v) is 3.68. The van der Waals surface area contributed by atoms with Gasteiger partial charge in [0.25, 0.3) is 0 Å². The average Bonchev–Trinajstić information content (AvgIpc) is 2.40. The van der Waals surface area contributed by atoms with Crippen LogP contribution >= 0.6 is 39.1 Å². The van der Waals surface area contributed by atoms with Crippen LogP contribution in [0.5, 0.6) is 5.75 Å². The van der Waals surface area contributed by atoms with Gasteiger partial charge in [-0.3, -0.25) is 4.79 Å². The van der Waals surface area contributed by atoms with Crippen LogP contribution in [0.3, 0.4) is 0 Å². The average molecular weight is 374 g/mol. The van der Waals surface area contributed by atoms with Gasteiger partial charge in [-0.15, -0.1) is 0 Å². The maximum Gasteiger partial charge on any atom is 0.174 e. The lowest BCUT2D eigenvalue weighted by Gasteiger charge is -2.07. The first-order valence-corrected chi connectivity index (χ1v) is 7.43. The Morgan fingerprint density at radius 3 is 2.65 bits per heavy atom. The highest BCUT2D eigenvalue weighted by Crippen LogP contribution is 2.22.